The highest BCUT2D eigenvalue weighted by atomic mass is 35.5. The molecular weight excluding hydrogens is 368 g/mol. The minimum absolute atomic E-state index is 0.238. The molecule has 1 saturated carbocycles. The van der Waals surface area contributed by atoms with Crippen molar-refractivity contribution in [2.24, 2.45) is 0 Å². The van der Waals surface area contributed by atoms with Gasteiger partial charge in [0.05, 0.1) is 5.02 Å². The molecule has 0 radical (unpaired) electrons. The molecule has 3 aromatic rings. The van der Waals surface area contributed by atoms with Crippen LogP contribution in [0.25, 0.3) is 17.2 Å². The number of hydrogen-bond donors (Lipinski definition) is 1. The van der Waals surface area contributed by atoms with E-state index >= 15 is 0 Å². The van der Waals surface area contributed by atoms with E-state index < -0.39 is 0 Å². The van der Waals surface area contributed by atoms with Crippen molar-refractivity contribution in [3.8, 4) is 11.1 Å². The fraction of sp³-hybridized carbons (Fsp3) is 0.167. The van der Waals surface area contributed by atoms with E-state index in [-0.39, 0.29) is 11.6 Å². The summed E-state index contributed by atoms with van der Waals surface area (Å²) in [5, 5.41) is 3.32. The van der Waals surface area contributed by atoms with Gasteiger partial charge >= 0.3 is 0 Å². The summed E-state index contributed by atoms with van der Waals surface area (Å²) >= 11 is 6.35. The lowest BCUT2D eigenvalue weighted by atomic mass is 9.91. The SMILES string of the molecule is Cc1c(NC(=O)c2ncc(C=C3CCC3)cc2Cl)cccc1-c1ccccc1. The average Bonchev–Trinajstić information content (AvgIpc) is 2.67. The van der Waals surface area contributed by atoms with Crippen LogP contribution in [0.5, 0.6) is 0 Å². The van der Waals surface area contributed by atoms with E-state index in [9.17, 15) is 4.79 Å². The molecular formula is C24H21ClN2O. The number of pyridine rings is 1. The van der Waals surface area contributed by atoms with Gasteiger partial charge in [-0.25, -0.2) is 4.98 Å². The van der Waals surface area contributed by atoms with Crippen molar-refractivity contribution < 1.29 is 4.79 Å². The van der Waals surface area contributed by atoms with Crippen LogP contribution >= 0.6 is 11.6 Å². The second kappa shape index (κ2) is 7.99. The van der Waals surface area contributed by atoms with E-state index in [1.807, 2.05) is 49.4 Å². The first kappa shape index (κ1) is 18.5. The van der Waals surface area contributed by atoms with Gasteiger partial charge in [0.1, 0.15) is 5.69 Å². The highest BCUT2D eigenvalue weighted by Crippen LogP contribution is 2.30. The molecule has 4 rings (SSSR count). The van der Waals surface area contributed by atoms with Gasteiger partial charge in [0.15, 0.2) is 0 Å². The normalized spacial score (nSPS) is 13.0. The maximum atomic E-state index is 12.8. The molecule has 0 saturated heterocycles. The largest absolute Gasteiger partial charge is 0.320 e. The number of carbonyl (C=O) groups is 1. The van der Waals surface area contributed by atoms with Gasteiger partial charge in [-0.05, 0) is 60.6 Å². The summed E-state index contributed by atoms with van der Waals surface area (Å²) in [5.74, 6) is -0.304. The van der Waals surface area contributed by atoms with Gasteiger partial charge in [-0.3, -0.25) is 4.79 Å². The van der Waals surface area contributed by atoms with E-state index in [1.54, 1.807) is 6.20 Å². The minimum atomic E-state index is -0.304. The number of anilines is 1. The minimum Gasteiger partial charge on any atom is -0.320 e. The Morgan fingerprint density at radius 3 is 2.57 bits per heavy atom. The standard InChI is InChI=1S/C24H21ClN2O/c1-16-20(19-9-3-2-4-10-19)11-6-12-22(16)27-24(28)23-21(25)14-18(15-26-23)13-17-7-5-8-17/h2-4,6,9-15H,5,7-8H2,1H3,(H,27,28). The zero-order valence-corrected chi connectivity index (χ0v) is 16.5. The van der Waals surface area contributed by atoms with Gasteiger partial charge in [-0.2, -0.15) is 0 Å². The Morgan fingerprint density at radius 1 is 1.11 bits per heavy atom. The molecule has 1 N–H and O–H groups in total. The third-order valence-corrected chi connectivity index (χ3v) is 5.40. The number of aromatic nitrogens is 1. The number of allylic oxidation sites excluding steroid dienone is 1. The number of benzene rings is 2. The van der Waals surface area contributed by atoms with Crippen LogP contribution in [0, 0.1) is 6.92 Å². The number of hydrogen-bond acceptors (Lipinski definition) is 2. The van der Waals surface area contributed by atoms with E-state index in [4.69, 9.17) is 11.6 Å². The Bertz CT molecular complexity index is 1050. The zero-order chi connectivity index (χ0) is 19.5. The van der Waals surface area contributed by atoms with Crippen molar-refractivity contribution in [1.82, 2.24) is 4.98 Å². The second-order valence-electron chi connectivity index (χ2n) is 7.05. The molecule has 1 fully saturated rings. The Labute approximate surface area is 170 Å². The van der Waals surface area contributed by atoms with Crippen LogP contribution in [-0.2, 0) is 0 Å². The van der Waals surface area contributed by atoms with Crippen molar-refractivity contribution in [2.45, 2.75) is 26.2 Å². The second-order valence-corrected chi connectivity index (χ2v) is 7.46. The van der Waals surface area contributed by atoms with Crippen molar-refractivity contribution in [1.29, 1.82) is 0 Å². The van der Waals surface area contributed by atoms with Gasteiger partial charge in [-0.15, -0.1) is 0 Å². The molecule has 1 amide bonds. The van der Waals surface area contributed by atoms with Crippen LogP contribution in [-0.4, -0.2) is 10.9 Å². The molecule has 0 unspecified atom stereocenters. The van der Waals surface area contributed by atoms with E-state index in [0.717, 1.165) is 40.8 Å². The molecule has 2 aromatic carbocycles. The lowest BCUT2D eigenvalue weighted by molar-refractivity contribution is 0.102. The van der Waals surface area contributed by atoms with Crippen LogP contribution < -0.4 is 5.32 Å². The number of rotatable bonds is 4. The van der Waals surface area contributed by atoms with Crippen LogP contribution in [0.4, 0.5) is 5.69 Å². The smallest absolute Gasteiger partial charge is 0.275 e. The number of amides is 1. The topological polar surface area (TPSA) is 42.0 Å². The third-order valence-electron chi connectivity index (χ3n) is 5.11. The molecule has 3 nitrogen and oxygen atoms in total. The lowest BCUT2D eigenvalue weighted by Crippen LogP contribution is -2.15. The monoisotopic (exact) mass is 388 g/mol. The maximum Gasteiger partial charge on any atom is 0.275 e. The number of nitrogens with one attached hydrogen (secondary N) is 1. The summed E-state index contributed by atoms with van der Waals surface area (Å²) in [7, 11) is 0. The van der Waals surface area contributed by atoms with Crippen molar-refractivity contribution in [2.75, 3.05) is 5.32 Å². The Hall–Kier alpha value is -2.91. The molecule has 1 heterocycles. The van der Waals surface area contributed by atoms with E-state index in [2.05, 4.69) is 28.5 Å². The fourth-order valence-corrected chi connectivity index (χ4v) is 3.60. The summed E-state index contributed by atoms with van der Waals surface area (Å²) in [4.78, 5) is 17.1. The Kier molecular flexibility index (Phi) is 5.27. The quantitative estimate of drug-likeness (QED) is 0.552. The third kappa shape index (κ3) is 3.85. The molecule has 1 aromatic heterocycles. The van der Waals surface area contributed by atoms with Crippen molar-refractivity contribution in [3.63, 3.8) is 0 Å². The van der Waals surface area contributed by atoms with Crippen LogP contribution in [0.1, 0.15) is 40.9 Å². The summed E-state index contributed by atoms with van der Waals surface area (Å²) in [6.07, 6.45) is 7.33. The molecule has 0 spiro atoms. The van der Waals surface area contributed by atoms with E-state index in [0.29, 0.717) is 5.02 Å². The summed E-state index contributed by atoms with van der Waals surface area (Å²) in [6.45, 7) is 2.00. The molecule has 140 valence electrons. The maximum absolute atomic E-state index is 12.8. The first-order valence-corrected chi connectivity index (χ1v) is 9.81. The Balaban J connectivity index is 1.57. The first-order chi connectivity index (χ1) is 13.6. The summed E-state index contributed by atoms with van der Waals surface area (Å²) in [5.41, 5.74) is 6.54. The number of carbonyl (C=O) groups excluding carboxylic acids is 1. The van der Waals surface area contributed by atoms with Gasteiger partial charge in [-0.1, -0.05) is 65.7 Å². The molecule has 0 atom stereocenters. The number of nitrogens with zero attached hydrogens (tertiary/aromatic N) is 1. The lowest BCUT2D eigenvalue weighted by Gasteiger charge is -2.16. The average molecular weight is 389 g/mol. The van der Waals surface area contributed by atoms with Gasteiger partial charge in [0.2, 0.25) is 0 Å². The summed E-state index contributed by atoms with van der Waals surface area (Å²) < 4.78 is 0. The Morgan fingerprint density at radius 2 is 1.89 bits per heavy atom. The first-order valence-electron chi connectivity index (χ1n) is 9.43. The summed E-state index contributed by atoms with van der Waals surface area (Å²) in [6, 6.07) is 17.8. The van der Waals surface area contributed by atoms with Crippen molar-refractivity contribution >= 4 is 29.3 Å². The highest BCUT2D eigenvalue weighted by molar-refractivity contribution is 6.34. The fourth-order valence-electron chi connectivity index (χ4n) is 3.34. The molecule has 4 heteroatoms. The van der Waals surface area contributed by atoms with Crippen LogP contribution in [0.15, 0.2) is 66.4 Å². The van der Waals surface area contributed by atoms with Gasteiger partial charge in [0.25, 0.3) is 5.91 Å². The van der Waals surface area contributed by atoms with Gasteiger partial charge in [0, 0.05) is 11.9 Å². The van der Waals surface area contributed by atoms with Crippen LogP contribution in [0.3, 0.4) is 0 Å². The molecule has 0 bridgehead atoms. The molecule has 28 heavy (non-hydrogen) atoms. The zero-order valence-electron chi connectivity index (χ0n) is 15.7. The van der Waals surface area contributed by atoms with Gasteiger partial charge < -0.3 is 5.32 Å². The van der Waals surface area contributed by atoms with Crippen molar-refractivity contribution in [3.05, 3.63) is 88.2 Å². The number of halogens is 1. The predicted molar refractivity (Wildman–Crippen MR) is 116 cm³/mol. The van der Waals surface area contributed by atoms with Crippen LogP contribution in [0.2, 0.25) is 5.02 Å². The van der Waals surface area contributed by atoms with E-state index in [1.165, 1.54) is 12.0 Å². The molecule has 0 aliphatic heterocycles. The predicted octanol–water partition coefficient (Wildman–Crippen LogP) is 6.53. The highest BCUT2D eigenvalue weighted by Gasteiger charge is 2.16. The molecule has 1 aliphatic carbocycles. The molecule has 1 aliphatic rings.